The van der Waals surface area contributed by atoms with Crippen LogP contribution in [0.3, 0.4) is 0 Å². The van der Waals surface area contributed by atoms with Gasteiger partial charge >= 0.3 is 0 Å². The minimum absolute atomic E-state index is 0.536. The summed E-state index contributed by atoms with van der Waals surface area (Å²) in [4.78, 5) is 2.07. The largest absolute Gasteiger partial charge is 0.378 e. The molecule has 3 heteroatoms. The first-order valence-electron chi connectivity index (χ1n) is 8.06. The van der Waals surface area contributed by atoms with Crippen molar-refractivity contribution in [2.45, 2.75) is 6.16 Å². The third-order valence-electron chi connectivity index (χ3n) is 4.20. The molecule has 0 aliphatic carbocycles. The molecular weight excluding hydrogens is 313 g/mol. The Morgan fingerprint density at radius 1 is 0.708 bits per heavy atom. The molecule has 0 unspecified atom stereocenters. The quantitative estimate of drug-likeness (QED) is 0.649. The van der Waals surface area contributed by atoms with Gasteiger partial charge in [0.05, 0.1) is 0 Å². The maximum atomic E-state index is 14.0. The van der Waals surface area contributed by atoms with Crippen molar-refractivity contribution in [3.8, 4) is 0 Å². The molecule has 122 valence electrons. The SMILES string of the molecule is CN(C)c1ccc(CP(=O)(c2ccccc2)c2ccccc2)cc1. The Bertz CT molecular complexity index is 783. The lowest BCUT2D eigenvalue weighted by Crippen LogP contribution is -2.17. The fourth-order valence-electron chi connectivity index (χ4n) is 2.83. The Morgan fingerprint density at radius 3 is 1.58 bits per heavy atom. The number of benzene rings is 3. The van der Waals surface area contributed by atoms with Gasteiger partial charge in [0.15, 0.2) is 0 Å². The maximum Gasteiger partial charge on any atom is 0.147 e. The van der Waals surface area contributed by atoms with Crippen LogP contribution in [0.25, 0.3) is 0 Å². The van der Waals surface area contributed by atoms with Crippen LogP contribution >= 0.6 is 7.14 Å². The first-order chi connectivity index (χ1) is 11.6. The molecule has 0 saturated heterocycles. The molecule has 0 bridgehead atoms. The molecule has 0 heterocycles. The minimum Gasteiger partial charge on any atom is -0.378 e. The molecule has 0 amide bonds. The molecule has 0 fully saturated rings. The fourth-order valence-corrected chi connectivity index (χ4v) is 5.52. The highest BCUT2D eigenvalue weighted by Crippen LogP contribution is 2.46. The van der Waals surface area contributed by atoms with Crippen LogP contribution in [-0.4, -0.2) is 14.1 Å². The summed E-state index contributed by atoms with van der Waals surface area (Å²) in [5.41, 5.74) is 2.24. The number of hydrogen-bond acceptors (Lipinski definition) is 2. The van der Waals surface area contributed by atoms with E-state index in [0.717, 1.165) is 21.9 Å². The van der Waals surface area contributed by atoms with E-state index in [-0.39, 0.29) is 0 Å². The van der Waals surface area contributed by atoms with Crippen LogP contribution < -0.4 is 15.5 Å². The molecule has 0 N–H and O–H groups in total. The van der Waals surface area contributed by atoms with E-state index in [1.165, 1.54) is 0 Å². The van der Waals surface area contributed by atoms with Gasteiger partial charge in [0.1, 0.15) is 7.14 Å². The zero-order chi connectivity index (χ0) is 17.0. The average Bonchev–Trinajstić information content (AvgIpc) is 2.63. The molecule has 3 aromatic rings. The second-order valence-electron chi connectivity index (χ2n) is 6.13. The van der Waals surface area contributed by atoms with Crippen LogP contribution in [0.4, 0.5) is 5.69 Å². The average molecular weight is 335 g/mol. The molecule has 0 radical (unpaired) electrons. The van der Waals surface area contributed by atoms with E-state index in [4.69, 9.17) is 0 Å². The lowest BCUT2D eigenvalue weighted by Gasteiger charge is -2.20. The normalized spacial score (nSPS) is 11.2. The molecule has 0 spiro atoms. The first kappa shape index (κ1) is 16.5. The van der Waals surface area contributed by atoms with Gasteiger partial charge in [-0.3, -0.25) is 0 Å². The zero-order valence-electron chi connectivity index (χ0n) is 14.1. The summed E-state index contributed by atoms with van der Waals surface area (Å²) in [6.45, 7) is 0. The summed E-state index contributed by atoms with van der Waals surface area (Å²) in [6, 6.07) is 28.0. The van der Waals surface area contributed by atoms with E-state index in [0.29, 0.717) is 6.16 Å². The van der Waals surface area contributed by atoms with E-state index in [1.54, 1.807) is 0 Å². The summed E-state index contributed by atoms with van der Waals surface area (Å²) in [6.07, 6.45) is 0.536. The van der Waals surface area contributed by atoms with Crippen LogP contribution in [0, 0.1) is 0 Å². The smallest absolute Gasteiger partial charge is 0.147 e. The number of anilines is 1. The molecular formula is C21H22NOP. The summed E-state index contributed by atoms with van der Waals surface area (Å²) in [7, 11) is 1.34. The van der Waals surface area contributed by atoms with Crippen molar-refractivity contribution in [1.82, 2.24) is 0 Å². The Hall–Kier alpha value is -2.31. The number of rotatable bonds is 5. The summed E-state index contributed by atoms with van der Waals surface area (Å²) >= 11 is 0. The van der Waals surface area contributed by atoms with Gasteiger partial charge in [0.2, 0.25) is 0 Å². The Balaban J connectivity index is 2.01. The second-order valence-corrected chi connectivity index (χ2v) is 8.96. The van der Waals surface area contributed by atoms with E-state index in [2.05, 4.69) is 29.2 Å². The van der Waals surface area contributed by atoms with Crippen molar-refractivity contribution < 1.29 is 4.57 Å². The molecule has 0 aliphatic heterocycles. The van der Waals surface area contributed by atoms with Gasteiger partial charge < -0.3 is 9.46 Å². The molecule has 0 saturated carbocycles. The monoisotopic (exact) mass is 335 g/mol. The molecule has 0 atom stereocenters. The van der Waals surface area contributed by atoms with Gasteiger partial charge in [0.25, 0.3) is 0 Å². The van der Waals surface area contributed by atoms with Crippen molar-refractivity contribution in [3.05, 3.63) is 90.5 Å². The third kappa shape index (κ3) is 3.44. The van der Waals surface area contributed by atoms with Crippen molar-refractivity contribution >= 4 is 23.4 Å². The highest BCUT2D eigenvalue weighted by Gasteiger charge is 2.27. The van der Waals surface area contributed by atoms with E-state index < -0.39 is 7.14 Å². The van der Waals surface area contributed by atoms with Crippen molar-refractivity contribution in [1.29, 1.82) is 0 Å². The van der Waals surface area contributed by atoms with Crippen LogP contribution in [-0.2, 0) is 10.7 Å². The van der Waals surface area contributed by atoms with Gasteiger partial charge in [-0.05, 0) is 17.7 Å². The van der Waals surface area contributed by atoms with E-state index in [1.807, 2.05) is 74.8 Å². The van der Waals surface area contributed by atoms with E-state index in [9.17, 15) is 4.57 Å². The van der Waals surface area contributed by atoms with Gasteiger partial charge in [0, 0.05) is 36.6 Å². The first-order valence-corrected chi connectivity index (χ1v) is 9.95. The zero-order valence-corrected chi connectivity index (χ0v) is 15.0. The standard InChI is InChI=1S/C21H22NOP/c1-22(2)19-15-13-18(14-16-19)17-24(23,20-9-5-3-6-10-20)21-11-7-4-8-12-21/h3-16H,17H2,1-2H3. The van der Waals surface area contributed by atoms with Gasteiger partial charge in [-0.25, -0.2) is 0 Å². The van der Waals surface area contributed by atoms with E-state index >= 15 is 0 Å². The predicted octanol–water partition coefficient (Wildman–Crippen LogP) is 4.27. The van der Waals surface area contributed by atoms with Crippen LogP contribution in [0.5, 0.6) is 0 Å². The summed E-state index contributed by atoms with van der Waals surface area (Å²) < 4.78 is 14.0. The molecule has 24 heavy (non-hydrogen) atoms. The molecule has 3 aromatic carbocycles. The van der Waals surface area contributed by atoms with Crippen LogP contribution in [0.2, 0.25) is 0 Å². The maximum absolute atomic E-state index is 14.0. The number of hydrogen-bond donors (Lipinski definition) is 0. The van der Waals surface area contributed by atoms with Crippen molar-refractivity contribution in [2.24, 2.45) is 0 Å². The molecule has 0 aromatic heterocycles. The molecule has 3 rings (SSSR count). The Morgan fingerprint density at radius 2 is 1.17 bits per heavy atom. The highest BCUT2D eigenvalue weighted by atomic mass is 31.2. The highest BCUT2D eigenvalue weighted by molar-refractivity contribution is 7.78. The second kappa shape index (κ2) is 7.07. The van der Waals surface area contributed by atoms with Crippen molar-refractivity contribution in [3.63, 3.8) is 0 Å². The van der Waals surface area contributed by atoms with Crippen molar-refractivity contribution in [2.75, 3.05) is 19.0 Å². The topological polar surface area (TPSA) is 20.3 Å². The van der Waals surface area contributed by atoms with Gasteiger partial charge in [-0.2, -0.15) is 0 Å². The minimum atomic E-state index is -2.70. The lowest BCUT2D eigenvalue weighted by molar-refractivity contribution is 0.586. The summed E-state index contributed by atoms with van der Waals surface area (Å²) in [5.74, 6) is 0. The fraction of sp³-hybridized carbons (Fsp3) is 0.143. The Labute approximate surface area is 144 Å². The van der Waals surface area contributed by atoms with Crippen LogP contribution in [0.1, 0.15) is 5.56 Å². The van der Waals surface area contributed by atoms with Gasteiger partial charge in [-0.15, -0.1) is 0 Å². The van der Waals surface area contributed by atoms with Gasteiger partial charge in [-0.1, -0.05) is 72.8 Å². The Kier molecular flexibility index (Phi) is 4.87. The lowest BCUT2D eigenvalue weighted by atomic mass is 10.2. The molecule has 2 nitrogen and oxygen atoms in total. The third-order valence-corrected chi connectivity index (χ3v) is 7.28. The number of nitrogens with zero attached hydrogens (tertiary/aromatic N) is 1. The van der Waals surface area contributed by atoms with Crippen LogP contribution in [0.15, 0.2) is 84.9 Å². The predicted molar refractivity (Wildman–Crippen MR) is 104 cm³/mol. The summed E-state index contributed by atoms with van der Waals surface area (Å²) in [5, 5.41) is 1.82. The molecule has 0 aliphatic rings.